The fourth-order valence-electron chi connectivity index (χ4n) is 4.69. The van der Waals surface area contributed by atoms with E-state index in [9.17, 15) is 29.1 Å². The largest absolute Gasteiger partial charge is 0.508 e. The van der Waals surface area contributed by atoms with Crippen molar-refractivity contribution < 1.29 is 69.9 Å². The molecule has 60 heavy (non-hydrogen) atoms. The third-order valence-electron chi connectivity index (χ3n) is 7.77. The zero-order chi connectivity index (χ0) is 44.4. The molecule has 0 unspecified atom stereocenters. The van der Waals surface area contributed by atoms with E-state index in [1.807, 2.05) is 0 Å². The topological polar surface area (TPSA) is 293 Å². The van der Waals surface area contributed by atoms with Crippen molar-refractivity contribution in [2.24, 2.45) is 0 Å². The Hall–Kier alpha value is -8.85. The van der Waals surface area contributed by atoms with E-state index in [0.29, 0.717) is 5.69 Å². The van der Waals surface area contributed by atoms with Gasteiger partial charge in [-0.1, -0.05) is 42.5 Å². The van der Waals surface area contributed by atoms with Gasteiger partial charge in [0.25, 0.3) is 0 Å². The highest BCUT2D eigenvalue weighted by Crippen LogP contribution is 2.23. The van der Waals surface area contributed by atoms with Gasteiger partial charge in [0.2, 0.25) is 0 Å². The van der Waals surface area contributed by atoms with Gasteiger partial charge in [-0.25, -0.2) is 24.0 Å². The standard InChI is InChI=1S/C13H10O3.C11H8O3.C7H7NO2.2C7H6O3/c14-12-7-5-10(6-8-12)9-1-3-11(4-2-9)13(15)16;12-10-4-3-7-5-9(11(13)14)2-1-8(7)6-10;2*8-6-3-1-5(2-4-6)7(9)10;8-6-3-1-2-5(4-6)7(9)10/h1-8,14H,(H,15,16);1-6,12H,(H,13,14);1-4H,8H2,(H,9,10);2*1-4,8H,(H,9,10). The number of nitrogens with two attached hydrogens (primary N) is 1. The Morgan fingerprint density at radius 2 is 0.633 bits per heavy atom. The number of aromatic carboxylic acids is 5. The molecule has 0 aliphatic carbocycles. The molecule has 0 aliphatic rings. The van der Waals surface area contributed by atoms with Crippen LogP contribution in [0.3, 0.4) is 0 Å². The fourth-order valence-corrected chi connectivity index (χ4v) is 4.69. The molecule has 7 aromatic carbocycles. The smallest absolute Gasteiger partial charge is 0.335 e. The molecule has 0 saturated carbocycles. The number of nitrogen functional groups attached to an aromatic ring is 1. The van der Waals surface area contributed by atoms with Crippen LogP contribution >= 0.6 is 0 Å². The van der Waals surface area contributed by atoms with Crippen molar-refractivity contribution in [1.29, 1.82) is 0 Å². The van der Waals surface area contributed by atoms with Crippen LogP contribution in [-0.2, 0) is 0 Å². The molecule has 0 bridgehead atoms. The molecule has 7 rings (SSSR count). The van der Waals surface area contributed by atoms with Crippen LogP contribution < -0.4 is 5.73 Å². The van der Waals surface area contributed by atoms with Crippen LogP contribution in [0.5, 0.6) is 23.0 Å². The van der Waals surface area contributed by atoms with Crippen molar-refractivity contribution in [2.75, 3.05) is 5.73 Å². The second-order valence-electron chi connectivity index (χ2n) is 12.1. The highest BCUT2D eigenvalue weighted by Gasteiger charge is 2.05. The Bertz CT molecular complexity index is 2500. The number of fused-ring (bicyclic) bond motifs is 1. The number of phenolic OH excluding ortho intramolecular Hbond substituents is 4. The SMILES string of the molecule is Nc1ccc(C(=O)O)cc1.O=C(O)c1ccc(-c2ccc(O)cc2)cc1.O=C(O)c1ccc(O)cc1.O=C(O)c1ccc2cc(O)ccc2c1.O=C(O)c1cccc(O)c1. The number of hydrogen-bond acceptors (Lipinski definition) is 10. The summed E-state index contributed by atoms with van der Waals surface area (Å²) in [7, 11) is 0. The van der Waals surface area contributed by atoms with E-state index in [-0.39, 0.29) is 50.8 Å². The van der Waals surface area contributed by atoms with Gasteiger partial charge in [-0.3, -0.25) is 0 Å². The number of anilines is 1. The Balaban J connectivity index is 0.000000203. The molecule has 0 fully saturated rings. The summed E-state index contributed by atoms with van der Waals surface area (Å²) >= 11 is 0. The van der Waals surface area contributed by atoms with E-state index >= 15 is 0 Å². The maximum absolute atomic E-state index is 10.7. The van der Waals surface area contributed by atoms with Gasteiger partial charge in [-0.05, 0) is 137 Å². The molecular weight excluding hydrogens is 778 g/mol. The van der Waals surface area contributed by atoms with Crippen LogP contribution in [0, 0.1) is 0 Å². The number of carbonyl (C=O) groups is 5. The lowest BCUT2D eigenvalue weighted by Crippen LogP contribution is -1.95. The number of aromatic hydroxyl groups is 4. The Morgan fingerprint density at radius 1 is 0.317 bits per heavy atom. The highest BCUT2D eigenvalue weighted by atomic mass is 16.4. The molecule has 0 saturated heterocycles. The van der Waals surface area contributed by atoms with Crippen molar-refractivity contribution >= 4 is 46.3 Å². The van der Waals surface area contributed by atoms with E-state index in [0.717, 1.165) is 21.9 Å². The number of hydrogen-bond donors (Lipinski definition) is 10. The fraction of sp³-hybridized carbons (Fsp3) is 0. The van der Waals surface area contributed by atoms with Gasteiger partial charge in [0, 0.05) is 5.69 Å². The molecule has 0 atom stereocenters. The van der Waals surface area contributed by atoms with Gasteiger partial charge in [-0.15, -0.1) is 0 Å². The van der Waals surface area contributed by atoms with Crippen LogP contribution in [-0.4, -0.2) is 75.8 Å². The Kier molecular flexibility index (Phi) is 16.7. The normalized spacial score (nSPS) is 9.67. The van der Waals surface area contributed by atoms with Crippen molar-refractivity contribution in [1.82, 2.24) is 0 Å². The van der Waals surface area contributed by atoms with Crippen LogP contribution in [0.15, 0.2) is 158 Å². The van der Waals surface area contributed by atoms with Crippen LogP contribution in [0.1, 0.15) is 51.8 Å². The molecule has 0 aliphatic heterocycles. The maximum Gasteiger partial charge on any atom is 0.335 e. The number of rotatable bonds is 6. The summed E-state index contributed by atoms with van der Waals surface area (Å²) in [5, 5.41) is 80.2. The van der Waals surface area contributed by atoms with Crippen LogP contribution in [0.25, 0.3) is 21.9 Å². The van der Waals surface area contributed by atoms with Crippen molar-refractivity contribution in [2.45, 2.75) is 0 Å². The minimum atomic E-state index is -1.03. The van der Waals surface area contributed by atoms with Gasteiger partial charge in [-0.2, -0.15) is 0 Å². The van der Waals surface area contributed by atoms with Gasteiger partial charge in [0.05, 0.1) is 27.8 Å². The molecule has 15 nitrogen and oxygen atoms in total. The minimum absolute atomic E-state index is 0.0279. The lowest BCUT2D eigenvalue weighted by atomic mass is 10.0. The number of benzene rings is 7. The summed E-state index contributed by atoms with van der Waals surface area (Å²) in [4.78, 5) is 52.1. The lowest BCUT2D eigenvalue weighted by Gasteiger charge is -2.02. The van der Waals surface area contributed by atoms with E-state index in [1.165, 1.54) is 72.8 Å². The summed E-state index contributed by atoms with van der Waals surface area (Å²) in [6, 6.07) is 39.9. The summed E-state index contributed by atoms with van der Waals surface area (Å²) < 4.78 is 0. The third kappa shape index (κ3) is 15.0. The van der Waals surface area contributed by atoms with E-state index < -0.39 is 29.8 Å². The highest BCUT2D eigenvalue weighted by molar-refractivity contribution is 5.95. The predicted octanol–water partition coefficient (Wildman–Crippen LogP) is 8.15. The number of carboxylic acids is 5. The third-order valence-corrected chi connectivity index (χ3v) is 7.77. The van der Waals surface area contributed by atoms with Gasteiger partial charge >= 0.3 is 29.8 Å². The molecule has 0 spiro atoms. The summed E-state index contributed by atoms with van der Waals surface area (Å²) in [5.41, 5.74) is 8.82. The number of phenols is 4. The molecule has 11 N–H and O–H groups in total. The van der Waals surface area contributed by atoms with Crippen LogP contribution in [0.4, 0.5) is 5.69 Å². The van der Waals surface area contributed by atoms with E-state index in [2.05, 4.69) is 0 Å². The second-order valence-corrected chi connectivity index (χ2v) is 12.1. The molecule has 15 heteroatoms. The summed E-state index contributed by atoms with van der Waals surface area (Å²) in [6.45, 7) is 0. The Labute approximate surface area is 341 Å². The zero-order valence-corrected chi connectivity index (χ0v) is 31.2. The first kappa shape index (κ1) is 45.5. The van der Waals surface area contributed by atoms with Gasteiger partial charge in [0.1, 0.15) is 23.0 Å². The van der Waals surface area contributed by atoms with Gasteiger partial charge in [0.15, 0.2) is 0 Å². The average Bonchev–Trinajstić information content (AvgIpc) is 3.22. The monoisotopic (exact) mass is 815 g/mol. The van der Waals surface area contributed by atoms with Crippen molar-refractivity contribution in [3.63, 3.8) is 0 Å². The lowest BCUT2D eigenvalue weighted by molar-refractivity contribution is 0.0686. The summed E-state index contributed by atoms with van der Waals surface area (Å²) in [6.07, 6.45) is 0. The first-order valence-electron chi connectivity index (χ1n) is 17.2. The molecule has 0 amide bonds. The molecule has 0 aromatic heterocycles. The first-order valence-corrected chi connectivity index (χ1v) is 17.2. The van der Waals surface area contributed by atoms with Crippen molar-refractivity contribution in [3.8, 4) is 34.1 Å². The zero-order valence-electron chi connectivity index (χ0n) is 31.2. The van der Waals surface area contributed by atoms with Crippen molar-refractivity contribution in [3.05, 3.63) is 186 Å². The number of carboxylic acid groups (broad SMARTS) is 5. The Morgan fingerprint density at radius 3 is 1.07 bits per heavy atom. The quantitative estimate of drug-likeness (QED) is 0.0708. The molecule has 0 heterocycles. The summed E-state index contributed by atoms with van der Waals surface area (Å²) in [5.74, 6) is -4.38. The molecular formula is C45H37NO14. The second kappa shape index (κ2) is 22.0. The van der Waals surface area contributed by atoms with E-state index in [1.54, 1.807) is 84.9 Å². The molecule has 0 radical (unpaired) electrons. The molecule has 306 valence electrons. The first-order chi connectivity index (χ1) is 28.4. The van der Waals surface area contributed by atoms with E-state index in [4.69, 9.17) is 46.6 Å². The van der Waals surface area contributed by atoms with Gasteiger partial charge < -0.3 is 51.7 Å². The van der Waals surface area contributed by atoms with Crippen LogP contribution in [0.2, 0.25) is 0 Å². The predicted molar refractivity (Wildman–Crippen MR) is 221 cm³/mol. The average molecular weight is 816 g/mol. The maximum atomic E-state index is 10.7. The molecule has 7 aromatic rings. The minimum Gasteiger partial charge on any atom is -0.508 e.